The van der Waals surface area contributed by atoms with E-state index in [1.165, 1.54) is 0 Å². The Labute approximate surface area is 179 Å². The molecule has 1 aliphatic heterocycles. The summed E-state index contributed by atoms with van der Waals surface area (Å²) in [7, 11) is -3.11. The fourth-order valence-corrected chi connectivity index (χ4v) is 5.53. The SMILES string of the molecule is Cc1nn(CC(C)C)c(C)c1CC(=O)OCC(=O)N(CC(C)C)C1CCS(=O)(=O)C1. The second kappa shape index (κ2) is 9.94. The molecule has 1 saturated heterocycles. The van der Waals surface area contributed by atoms with Crippen LogP contribution in [-0.4, -0.2) is 65.7 Å². The van der Waals surface area contributed by atoms with Crippen molar-refractivity contribution in [2.24, 2.45) is 11.8 Å². The molecule has 9 heteroatoms. The predicted molar refractivity (Wildman–Crippen MR) is 115 cm³/mol. The summed E-state index contributed by atoms with van der Waals surface area (Å²) < 4.78 is 30.8. The van der Waals surface area contributed by atoms with Gasteiger partial charge in [0.2, 0.25) is 0 Å². The van der Waals surface area contributed by atoms with E-state index in [2.05, 4.69) is 18.9 Å². The van der Waals surface area contributed by atoms with Crippen molar-refractivity contribution < 1.29 is 22.7 Å². The average Bonchev–Trinajstić information content (AvgIpc) is 3.10. The van der Waals surface area contributed by atoms with Crippen LogP contribution in [0.25, 0.3) is 0 Å². The monoisotopic (exact) mass is 441 g/mol. The quantitative estimate of drug-likeness (QED) is 0.543. The maximum Gasteiger partial charge on any atom is 0.310 e. The summed E-state index contributed by atoms with van der Waals surface area (Å²) in [5.41, 5.74) is 2.55. The molecule has 1 unspecified atom stereocenters. The first kappa shape index (κ1) is 24.4. The van der Waals surface area contributed by atoms with Crippen LogP contribution in [0.15, 0.2) is 0 Å². The van der Waals surface area contributed by atoms with Crippen LogP contribution in [-0.2, 0) is 37.1 Å². The Hall–Kier alpha value is -1.90. The third kappa shape index (κ3) is 6.55. The molecule has 0 bridgehead atoms. The molecule has 1 atom stereocenters. The molecule has 1 aliphatic rings. The lowest BCUT2D eigenvalue weighted by molar-refractivity contribution is -0.152. The first-order valence-electron chi connectivity index (χ1n) is 10.6. The minimum atomic E-state index is -3.11. The van der Waals surface area contributed by atoms with Crippen molar-refractivity contribution in [2.75, 3.05) is 24.7 Å². The number of rotatable bonds is 9. The second-order valence-corrected chi connectivity index (χ2v) is 11.3. The number of sulfone groups is 1. The van der Waals surface area contributed by atoms with Crippen molar-refractivity contribution in [3.05, 3.63) is 17.0 Å². The molecule has 0 N–H and O–H groups in total. The van der Waals surface area contributed by atoms with Crippen molar-refractivity contribution in [1.82, 2.24) is 14.7 Å². The minimum absolute atomic E-state index is 0.0210. The van der Waals surface area contributed by atoms with Crippen molar-refractivity contribution in [3.63, 3.8) is 0 Å². The maximum absolute atomic E-state index is 12.7. The van der Waals surface area contributed by atoms with Gasteiger partial charge in [-0.3, -0.25) is 14.3 Å². The molecule has 0 aromatic carbocycles. The van der Waals surface area contributed by atoms with Crippen LogP contribution in [0.4, 0.5) is 0 Å². The van der Waals surface area contributed by atoms with E-state index in [4.69, 9.17) is 4.74 Å². The lowest BCUT2D eigenvalue weighted by atomic mass is 10.1. The molecule has 1 amide bonds. The zero-order valence-corrected chi connectivity index (χ0v) is 19.8. The largest absolute Gasteiger partial charge is 0.455 e. The molecule has 8 nitrogen and oxygen atoms in total. The molecule has 0 spiro atoms. The summed E-state index contributed by atoms with van der Waals surface area (Å²) in [6.45, 7) is 12.8. The van der Waals surface area contributed by atoms with Crippen LogP contribution in [0.2, 0.25) is 0 Å². The Morgan fingerprint density at radius 2 is 1.87 bits per heavy atom. The number of esters is 1. The Bertz CT molecular complexity index is 873. The predicted octanol–water partition coefficient (Wildman–Crippen LogP) is 1.91. The Morgan fingerprint density at radius 1 is 1.20 bits per heavy atom. The van der Waals surface area contributed by atoms with Gasteiger partial charge in [0.15, 0.2) is 16.4 Å². The van der Waals surface area contributed by atoms with Gasteiger partial charge < -0.3 is 9.64 Å². The highest BCUT2D eigenvalue weighted by molar-refractivity contribution is 7.91. The van der Waals surface area contributed by atoms with Gasteiger partial charge in [0, 0.05) is 30.4 Å². The van der Waals surface area contributed by atoms with Gasteiger partial charge in [0.05, 0.1) is 23.6 Å². The molecular formula is C21H35N3O5S. The number of amides is 1. The lowest BCUT2D eigenvalue weighted by Gasteiger charge is -2.29. The number of aromatic nitrogens is 2. The molecular weight excluding hydrogens is 406 g/mol. The zero-order chi connectivity index (χ0) is 22.6. The summed E-state index contributed by atoms with van der Waals surface area (Å²) in [5.74, 6) is -0.132. The van der Waals surface area contributed by atoms with Gasteiger partial charge in [0.25, 0.3) is 5.91 Å². The third-order valence-corrected chi connectivity index (χ3v) is 7.03. The first-order valence-corrected chi connectivity index (χ1v) is 12.4. The Balaban J connectivity index is 1.98. The number of carbonyl (C=O) groups excluding carboxylic acids is 2. The standard InChI is InChI=1S/C21H35N3O5S/c1-14(2)10-23(18-7-8-30(27,28)13-18)20(25)12-29-21(26)9-19-16(5)22-24(17(19)6)11-15(3)4/h14-15,18H,7-13H2,1-6H3. The molecule has 0 radical (unpaired) electrons. The highest BCUT2D eigenvalue weighted by Crippen LogP contribution is 2.20. The summed E-state index contributed by atoms with van der Waals surface area (Å²) in [6.07, 6.45) is 0.493. The van der Waals surface area contributed by atoms with Crippen LogP contribution >= 0.6 is 0 Å². The maximum atomic E-state index is 12.7. The topological polar surface area (TPSA) is 98.6 Å². The van der Waals surface area contributed by atoms with E-state index >= 15 is 0 Å². The molecule has 2 rings (SSSR count). The van der Waals surface area contributed by atoms with Gasteiger partial charge in [-0.1, -0.05) is 27.7 Å². The fraction of sp³-hybridized carbons (Fsp3) is 0.762. The average molecular weight is 442 g/mol. The minimum Gasteiger partial charge on any atom is -0.455 e. The van der Waals surface area contributed by atoms with Crippen LogP contribution in [0.1, 0.15) is 51.1 Å². The molecule has 0 aliphatic carbocycles. The normalized spacial score (nSPS) is 18.2. The summed E-state index contributed by atoms with van der Waals surface area (Å²) in [6, 6.07) is -0.345. The van der Waals surface area contributed by atoms with Crippen LogP contribution in [0.5, 0.6) is 0 Å². The molecule has 30 heavy (non-hydrogen) atoms. The van der Waals surface area contributed by atoms with E-state index in [9.17, 15) is 18.0 Å². The summed E-state index contributed by atoms with van der Waals surface area (Å²) in [5, 5.41) is 4.50. The van der Waals surface area contributed by atoms with E-state index in [1.54, 1.807) is 4.90 Å². The number of hydrogen-bond acceptors (Lipinski definition) is 6. The third-order valence-electron chi connectivity index (χ3n) is 5.28. The van der Waals surface area contributed by atoms with E-state index < -0.39 is 15.8 Å². The van der Waals surface area contributed by atoms with Crippen LogP contribution in [0.3, 0.4) is 0 Å². The van der Waals surface area contributed by atoms with Crippen molar-refractivity contribution in [1.29, 1.82) is 0 Å². The number of ether oxygens (including phenoxy) is 1. The van der Waals surface area contributed by atoms with Crippen molar-refractivity contribution in [3.8, 4) is 0 Å². The smallest absolute Gasteiger partial charge is 0.310 e. The van der Waals surface area contributed by atoms with E-state index in [-0.39, 0.29) is 42.4 Å². The van der Waals surface area contributed by atoms with Gasteiger partial charge in [-0.05, 0) is 32.1 Å². The number of nitrogens with zero attached hydrogens (tertiary/aromatic N) is 3. The van der Waals surface area contributed by atoms with E-state index in [0.29, 0.717) is 18.9 Å². The molecule has 2 heterocycles. The van der Waals surface area contributed by atoms with E-state index in [0.717, 1.165) is 23.5 Å². The Kier molecular flexibility index (Phi) is 8.07. The van der Waals surface area contributed by atoms with Gasteiger partial charge in [0.1, 0.15) is 0 Å². The van der Waals surface area contributed by atoms with Crippen LogP contribution in [0, 0.1) is 25.7 Å². The summed E-state index contributed by atoms with van der Waals surface area (Å²) in [4.78, 5) is 26.7. The highest BCUT2D eigenvalue weighted by atomic mass is 32.2. The molecule has 1 fully saturated rings. The zero-order valence-electron chi connectivity index (χ0n) is 19.0. The van der Waals surface area contributed by atoms with Gasteiger partial charge in [-0.25, -0.2) is 8.42 Å². The van der Waals surface area contributed by atoms with E-state index in [1.807, 2.05) is 32.4 Å². The molecule has 1 aromatic rings. The van der Waals surface area contributed by atoms with Crippen molar-refractivity contribution >= 4 is 21.7 Å². The van der Waals surface area contributed by atoms with Crippen LogP contribution < -0.4 is 0 Å². The number of hydrogen-bond donors (Lipinski definition) is 0. The van der Waals surface area contributed by atoms with Gasteiger partial charge in [-0.15, -0.1) is 0 Å². The molecule has 0 saturated carbocycles. The van der Waals surface area contributed by atoms with Gasteiger partial charge >= 0.3 is 5.97 Å². The Morgan fingerprint density at radius 3 is 2.40 bits per heavy atom. The molecule has 1 aromatic heterocycles. The van der Waals surface area contributed by atoms with Crippen molar-refractivity contribution in [2.45, 2.75) is 67.0 Å². The lowest BCUT2D eigenvalue weighted by Crippen LogP contribution is -2.45. The number of aryl methyl sites for hydroxylation is 1. The molecule has 170 valence electrons. The fourth-order valence-electron chi connectivity index (χ4n) is 3.80. The second-order valence-electron chi connectivity index (χ2n) is 9.06. The number of carbonyl (C=O) groups is 2. The summed E-state index contributed by atoms with van der Waals surface area (Å²) >= 11 is 0. The van der Waals surface area contributed by atoms with Gasteiger partial charge in [-0.2, -0.15) is 5.10 Å². The first-order chi connectivity index (χ1) is 13.9. The highest BCUT2D eigenvalue weighted by Gasteiger charge is 2.35.